The first-order chi connectivity index (χ1) is 11.3. The maximum Gasteiger partial charge on any atom is 0.410 e. The van der Waals surface area contributed by atoms with Gasteiger partial charge in [0.05, 0.1) is 6.10 Å². The lowest BCUT2D eigenvalue weighted by Gasteiger charge is -2.52. The first-order valence-electron chi connectivity index (χ1n) is 8.68. The number of aliphatic hydroxyl groups excluding tert-OH is 1. The summed E-state index contributed by atoms with van der Waals surface area (Å²) in [5, 5.41) is 10.3. The maximum atomic E-state index is 12.4. The number of hydrogen-bond donors (Lipinski definition) is 1. The molecule has 0 unspecified atom stereocenters. The van der Waals surface area contributed by atoms with Crippen molar-refractivity contribution in [2.45, 2.75) is 46.3 Å². The van der Waals surface area contributed by atoms with Gasteiger partial charge in [0, 0.05) is 23.9 Å². The highest BCUT2D eigenvalue weighted by atomic mass is 16.6. The van der Waals surface area contributed by atoms with E-state index in [0.717, 1.165) is 18.4 Å². The molecule has 4 heteroatoms. The monoisotopic (exact) mass is 329 g/mol. The van der Waals surface area contributed by atoms with E-state index in [1.165, 1.54) is 5.57 Å². The Morgan fingerprint density at radius 1 is 1.29 bits per heavy atom. The molecule has 2 atom stereocenters. The number of hydrogen-bond acceptors (Lipinski definition) is 3. The Balaban J connectivity index is 1.68. The van der Waals surface area contributed by atoms with E-state index in [1.54, 1.807) is 4.90 Å². The minimum atomic E-state index is -0.312. The smallest absolute Gasteiger partial charge is 0.410 e. The van der Waals surface area contributed by atoms with Crippen molar-refractivity contribution in [1.29, 1.82) is 0 Å². The van der Waals surface area contributed by atoms with Gasteiger partial charge in [-0.25, -0.2) is 4.79 Å². The van der Waals surface area contributed by atoms with Crippen molar-refractivity contribution in [1.82, 2.24) is 4.90 Å². The van der Waals surface area contributed by atoms with Crippen molar-refractivity contribution in [3.63, 3.8) is 0 Å². The highest BCUT2D eigenvalue weighted by Crippen LogP contribution is 2.52. The number of ether oxygens (including phenoxy) is 1. The third-order valence-electron chi connectivity index (χ3n) is 5.67. The summed E-state index contributed by atoms with van der Waals surface area (Å²) in [5.41, 5.74) is 1.97. The number of amides is 1. The predicted molar refractivity (Wildman–Crippen MR) is 93.4 cm³/mol. The van der Waals surface area contributed by atoms with E-state index in [0.29, 0.717) is 19.7 Å². The molecule has 0 bridgehead atoms. The molecular weight excluding hydrogens is 302 g/mol. The largest absolute Gasteiger partial charge is 0.445 e. The van der Waals surface area contributed by atoms with Crippen molar-refractivity contribution in [2.75, 3.05) is 13.1 Å². The molecule has 1 aromatic carbocycles. The zero-order valence-electron chi connectivity index (χ0n) is 14.8. The van der Waals surface area contributed by atoms with Crippen LogP contribution in [0.5, 0.6) is 0 Å². The molecule has 4 nitrogen and oxygen atoms in total. The van der Waals surface area contributed by atoms with Gasteiger partial charge >= 0.3 is 6.09 Å². The van der Waals surface area contributed by atoms with Crippen LogP contribution in [-0.4, -0.2) is 35.3 Å². The number of nitrogens with zero attached hydrogens (tertiary/aromatic N) is 1. The summed E-state index contributed by atoms with van der Waals surface area (Å²) >= 11 is 0. The molecule has 130 valence electrons. The molecule has 1 aromatic rings. The third-order valence-corrected chi connectivity index (χ3v) is 5.67. The quantitative estimate of drug-likeness (QED) is 0.841. The van der Waals surface area contributed by atoms with E-state index in [-0.39, 0.29) is 23.0 Å². The summed E-state index contributed by atoms with van der Waals surface area (Å²) in [6.07, 6.45) is 3.21. The van der Waals surface area contributed by atoms with Gasteiger partial charge in [-0.05, 0) is 18.4 Å². The molecule has 3 rings (SSSR count). The van der Waals surface area contributed by atoms with Crippen molar-refractivity contribution in [3.05, 3.63) is 47.5 Å². The lowest BCUT2D eigenvalue weighted by Crippen LogP contribution is -2.52. The Kier molecular flexibility index (Phi) is 4.43. The van der Waals surface area contributed by atoms with Crippen LogP contribution in [0.15, 0.2) is 42.0 Å². The minimum Gasteiger partial charge on any atom is -0.445 e. The second-order valence-corrected chi connectivity index (χ2v) is 7.88. The number of aliphatic hydroxyl groups is 1. The summed E-state index contributed by atoms with van der Waals surface area (Å²) in [7, 11) is 0. The third kappa shape index (κ3) is 3.07. The molecule has 1 amide bonds. The fourth-order valence-electron chi connectivity index (χ4n) is 4.22. The standard InChI is InChI=1S/C20H27NO3/c1-19(2)16-10-12-21(14-20(16,3)11-9-17(19)22)18(23)24-13-15-7-5-4-6-8-15/h4-8,10,17,22H,9,11-14H2,1-3H3/t17-,20-/m1/s1. The molecule has 1 aliphatic heterocycles. The minimum absolute atomic E-state index is 0.0766. The molecule has 1 saturated carbocycles. The number of benzene rings is 1. The van der Waals surface area contributed by atoms with E-state index >= 15 is 0 Å². The zero-order chi connectivity index (χ0) is 17.4. The van der Waals surface area contributed by atoms with Crippen LogP contribution in [0.25, 0.3) is 0 Å². The molecule has 1 heterocycles. The fraction of sp³-hybridized carbons (Fsp3) is 0.550. The Bertz CT molecular complexity index is 638. The number of fused-ring (bicyclic) bond motifs is 1. The van der Waals surface area contributed by atoms with Gasteiger partial charge in [-0.15, -0.1) is 0 Å². The van der Waals surface area contributed by atoms with Crippen LogP contribution in [0, 0.1) is 10.8 Å². The van der Waals surface area contributed by atoms with E-state index in [4.69, 9.17) is 4.74 Å². The Labute approximate surface area is 144 Å². The van der Waals surface area contributed by atoms with Crippen LogP contribution >= 0.6 is 0 Å². The van der Waals surface area contributed by atoms with Gasteiger partial charge in [0.25, 0.3) is 0 Å². The summed E-state index contributed by atoms with van der Waals surface area (Å²) in [6.45, 7) is 7.91. The zero-order valence-corrected chi connectivity index (χ0v) is 14.8. The summed E-state index contributed by atoms with van der Waals surface area (Å²) < 4.78 is 5.47. The average Bonchev–Trinajstić information content (AvgIpc) is 2.57. The van der Waals surface area contributed by atoms with Gasteiger partial charge in [-0.3, -0.25) is 0 Å². The van der Waals surface area contributed by atoms with Gasteiger partial charge in [-0.1, -0.05) is 62.8 Å². The van der Waals surface area contributed by atoms with Crippen LogP contribution in [0.1, 0.15) is 39.2 Å². The maximum absolute atomic E-state index is 12.4. The predicted octanol–water partition coefficient (Wildman–Crippen LogP) is 3.75. The van der Waals surface area contributed by atoms with E-state index in [2.05, 4.69) is 26.8 Å². The normalized spacial score (nSPS) is 28.8. The van der Waals surface area contributed by atoms with Crippen molar-refractivity contribution < 1.29 is 14.6 Å². The van der Waals surface area contributed by atoms with Crippen LogP contribution in [-0.2, 0) is 11.3 Å². The topological polar surface area (TPSA) is 49.8 Å². The van der Waals surface area contributed by atoms with E-state index in [9.17, 15) is 9.90 Å². The number of carbonyl (C=O) groups is 1. The van der Waals surface area contributed by atoms with Crippen LogP contribution in [0.3, 0.4) is 0 Å². The van der Waals surface area contributed by atoms with Gasteiger partial charge < -0.3 is 14.7 Å². The highest BCUT2D eigenvalue weighted by Gasteiger charge is 2.49. The molecule has 0 radical (unpaired) electrons. The molecule has 24 heavy (non-hydrogen) atoms. The first-order valence-corrected chi connectivity index (χ1v) is 8.68. The molecule has 0 spiro atoms. The van der Waals surface area contributed by atoms with Crippen molar-refractivity contribution in [2.24, 2.45) is 10.8 Å². The Hall–Kier alpha value is -1.81. The van der Waals surface area contributed by atoms with Crippen LogP contribution in [0.2, 0.25) is 0 Å². The number of carbonyl (C=O) groups excluding carboxylic acids is 1. The summed E-state index contributed by atoms with van der Waals surface area (Å²) in [5.74, 6) is 0. The average molecular weight is 329 g/mol. The Morgan fingerprint density at radius 3 is 2.71 bits per heavy atom. The van der Waals surface area contributed by atoms with E-state index in [1.807, 2.05) is 30.3 Å². The molecule has 0 aromatic heterocycles. The van der Waals surface area contributed by atoms with Gasteiger partial charge in [-0.2, -0.15) is 0 Å². The molecule has 1 N–H and O–H groups in total. The molecule has 1 aliphatic carbocycles. The van der Waals surface area contributed by atoms with Gasteiger partial charge in [0.1, 0.15) is 6.61 Å². The molecule has 1 fully saturated rings. The van der Waals surface area contributed by atoms with Crippen LogP contribution in [0.4, 0.5) is 4.79 Å². The second-order valence-electron chi connectivity index (χ2n) is 7.88. The lowest BCUT2D eigenvalue weighted by atomic mass is 9.58. The highest BCUT2D eigenvalue weighted by molar-refractivity contribution is 5.68. The second kappa shape index (κ2) is 6.25. The lowest BCUT2D eigenvalue weighted by molar-refractivity contribution is -0.00272. The summed E-state index contributed by atoms with van der Waals surface area (Å²) in [6, 6.07) is 9.73. The molecular formula is C20H27NO3. The Morgan fingerprint density at radius 2 is 2.00 bits per heavy atom. The van der Waals surface area contributed by atoms with Gasteiger partial charge in [0.2, 0.25) is 0 Å². The van der Waals surface area contributed by atoms with E-state index < -0.39 is 0 Å². The summed E-state index contributed by atoms with van der Waals surface area (Å²) in [4.78, 5) is 14.2. The molecule has 2 aliphatic rings. The first kappa shape index (κ1) is 17.0. The van der Waals surface area contributed by atoms with Crippen LogP contribution < -0.4 is 0 Å². The molecule has 0 saturated heterocycles. The van der Waals surface area contributed by atoms with Crippen molar-refractivity contribution in [3.8, 4) is 0 Å². The fourth-order valence-corrected chi connectivity index (χ4v) is 4.22. The number of rotatable bonds is 2. The SMILES string of the molecule is CC1(C)C2=CCN(C(=O)OCc3ccccc3)C[C@@]2(C)CC[C@H]1O. The van der Waals surface area contributed by atoms with Crippen molar-refractivity contribution >= 4 is 6.09 Å². The van der Waals surface area contributed by atoms with Gasteiger partial charge in [0.15, 0.2) is 0 Å².